The highest BCUT2D eigenvalue weighted by molar-refractivity contribution is 8.00. The van der Waals surface area contributed by atoms with Gasteiger partial charge in [0.1, 0.15) is 6.04 Å². The van der Waals surface area contributed by atoms with Crippen molar-refractivity contribution in [2.24, 2.45) is 0 Å². The van der Waals surface area contributed by atoms with Gasteiger partial charge in [0.05, 0.1) is 6.10 Å². The molecule has 6 nitrogen and oxygen atoms in total. The Morgan fingerprint density at radius 3 is 2.74 bits per heavy atom. The molecule has 0 spiro atoms. The fraction of sp³-hybridized carbons (Fsp3) is 0.833. The molecule has 2 aliphatic heterocycles. The van der Waals surface area contributed by atoms with E-state index in [2.05, 4.69) is 6.92 Å². The Balaban J connectivity index is 2.03. The number of aliphatic hydroxyl groups is 1. The van der Waals surface area contributed by atoms with Crippen molar-refractivity contribution in [2.75, 3.05) is 25.4 Å². The fourth-order valence-corrected chi connectivity index (χ4v) is 3.76. The third kappa shape index (κ3) is 3.14. The van der Waals surface area contributed by atoms with E-state index in [1.165, 1.54) is 4.90 Å². The van der Waals surface area contributed by atoms with Crippen molar-refractivity contribution in [2.45, 2.75) is 37.2 Å². The average molecular weight is 288 g/mol. The van der Waals surface area contributed by atoms with Gasteiger partial charge in [-0.1, -0.05) is 6.92 Å². The number of likely N-dealkylation sites (tertiary alicyclic amines) is 1. The van der Waals surface area contributed by atoms with E-state index in [4.69, 9.17) is 5.11 Å². The maximum atomic E-state index is 12.4. The summed E-state index contributed by atoms with van der Waals surface area (Å²) in [5.74, 6) is -0.151. The number of urea groups is 1. The number of β-amino-alcohol motifs (C(OH)–C–C–N with tert-alkyl or cyclic N) is 1. The standard InChI is InChI=1S/C12H20N2O4S/c1-2-9-7-13(3-4-19-9)12(18)14-6-8(15)5-10(14)11(16)17/h8-10,15H,2-7H2,1H3,(H,16,17)/t8-,9?,10+/m1/s1. The number of hydrogen-bond acceptors (Lipinski definition) is 4. The molecule has 2 amide bonds. The minimum atomic E-state index is -1.04. The van der Waals surface area contributed by atoms with Crippen LogP contribution in [0.1, 0.15) is 19.8 Å². The van der Waals surface area contributed by atoms with Gasteiger partial charge < -0.3 is 20.0 Å². The van der Waals surface area contributed by atoms with Gasteiger partial charge in [0.25, 0.3) is 0 Å². The summed E-state index contributed by atoms with van der Waals surface area (Å²) in [6.07, 6.45) is 0.395. The number of carbonyl (C=O) groups is 2. The Morgan fingerprint density at radius 2 is 2.11 bits per heavy atom. The fourth-order valence-electron chi connectivity index (χ4n) is 2.58. The van der Waals surface area contributed by atoms with Crippen molar-refractivity contribution in [3.63, 3.8) is 0 Å². The van der Waals surface area contributed by atoms with Crippen molar-refractivity contribution in [3.8, 4) is 0 Å². The second-order valence-corrected chi connectivity index (χ2v) is 6.43. The van der Waals surface area contributed by atoms with Crippen LogP contribution in [0.4, 0.5) is 4.79 Å². The molecule has 2 heterocycles. The lowest BCUT2D eigenvalue weighted by Gasteiger charge is -2.35. The minimum Gasteiger partial charge on any atom is -0.480 e. The molecule has 19 heavy (non-hydrogen) atoms. The Morgan fingerprint density at radius 1 is 1.37 bits per heavy atom. The van der Waals surface area contributed by atoms with Gasteiger partial charge in [-0.3, -0.25) is 0 Å². The smallest absolute Gasteiger partial charge is 0.326 e. The molecule has 0 radical (unpaired) electrons. The lowest BCUT2D eigenvalue weighted by atomic mass is 10.2. The zero-order chi connectivity index (χ0) is 14.0. The summed E-state index contributed by atoms with van der Waals surface area (Å²) in [4.78, 5) is 26.6. The van der Waals surface area contributed by atoms with Crippen LogP contribution >= 0.6 is 11.8 Å². The van der Waals surface area contributed by atoms with E-state index >= 15 is 0 Å². The summed E-state index contributed by atoms with van der Waals surface area (Å²) in [5.41, 5.74) is 0. The molecule has 108 valence electrons. The Kier molecular flexibility index (Phi) is 4.57. The molecule has 0 saturated carbocycles. The highest BCUT2D eigenvalue weighted by Gasteiger charge is 2.41. The van der Waals surface area contributed by atoms with Crippen molar-refractivity contribution in [1.82, 2.24) is 9.80 Å². The average Bonchev–Trinajstić information content (AvgIpc) is 2.80. The zero-order valence-electron chi connectivity index (χ0n) is 11.0. The molecule has 0 bridgehead atoms. The maximum absolute atomic E-state index is 12.4. The number of aliphatic carboxylic acids is 1. The van der Waals surface area contributed by atoms with E-state index < -0.39 is 18.1 Å². The molecule has 0 aromatic rings. The molecular weight excluding hydrogens is 268 g/mol. The Hall–Kier alpha value is -0.950. The van der Waals surface area contributed by atoms with E-state index in [-0.39, 0.29) is 19.0 Å². The predicted molar refractivity (Wildman–Crippen MR) is 72.3 cm³/mol. The first-order valence-corrected chi connectivity index (χ1v) is 7.65. The summed E-state index contributed by atoms with van der Waals surface area (Å²) in [5, 5.41) is 19.1. The number of nitrogens with zero attached hydrogens (tertiary/aromatic N) is 2. The van der Waals surface area contributed by atoms with Crippen LogP contribution in [0, 0.1) is 0 Å². The van der Waals surface area contributed by atoms with E-state index in [0.717, 1.165) is 12.2 Å². The van der Waals surface area contributed by atoms with E-state index in [1.807, 2.05) is 11.8 Å². The number of carboxylic acid groups (broad SMARTS) is 1. The van der Waals surface area contributed by atoms with Gasteiger partial charge in [0, 0.05) is 37.1 Å². The van der Waals surface area contributed by atoms with Crippen LogP contribution in [-0.2, 0) is 4.79 Å². The molecule has 2 rings (SSSR count). The predicted octanol–water partition coefficient (Wildman–Crippen LogP) is 0.454. The number of hydrogen-bond donors (Lipinski definition) is 2. The van der Waals surface area contributed by atoms with Gasteiger partial charge in [0.15, 0.2) is 0 Å². The third-order valence-electron chi connectivity index (χ3n) is 3.67. The zero-order valence-corrected chi connectivity index (χ0v) is 11.8. The number of carbonyl (C=O) groups excluding carboxylic acids is 1. The second kappa shape index (κ2) is 6.00. The number of amides is 2. The normalized spacial score (nSPS) is 31.6. The van der Waals surface area contributed by atoms with E-state index in [9.17, 15) is 14.7 Å². The highest BCUT2D eigenvalue weighted by atomic mass is 32.2. The first-order chi connectivity index (χ1) is 9.02. The number of thioether (sulfide) groups is 1. The van der Waals surface area contributed by atoms with Crippen LogP contribution in [0.5, 0.6) is 0 Å². The lowest BCUT2D eigenvalue weighted by molar-refractivity contribution is -0.141. The summed E-state index contributed by atoms with van der Waals surface area (Å²) >= 11 is 1.86. The van der Waals surface area contributed by atoms with Crippen LogP contribution in [0.2, 0.25) is 0 Å². The van der Waals surface area contributed by atoms with Crippen molar-refractivity contribution >= 4 is 23.8 Å². The van der Waals surface area contributed by atoms with Crippen LogP contribution < -0.4 is 0 Å². The van der Waals surface area contributed by atoms with Crippen molar-refractivity contribution in [3.05, 3.63) is 0 Å². The molecular formula is C12H20N2O4S. The van der Waals surface area contributed by atoms with Crippen LogP contribution in [0.3, 0.4) is 0 Å². The summed E-state index contributed by atoms with van der Waals surface area (Å²) in [6.45, 7) is 3.53. The lowest BCUT2D eigenvalue weighted by Crippen LogP contribution is -2.51. The van der Waals surface area contributed by atoms with Gasteiger partial charge >= 0.3 is 12.0 Å². The number of rotatable bonds is 2. The summed E-state index contributed by atoms with van der Waals surface area (Å²) in [7, 11) is 0. The SMILES string of the molecule is CCC1CN(C(=O)N2C[C@H](O)C[C@H]2C(=O)O)CCS1. The molecule has 0 aliphatic carbocycles. The van der Waals surface area contributed by atoms with Gasteiger partial charge in [0.2, 0.25) is 0 Å². The highest BCUT2D eigenvalue weighted by Crippen LogP contribution is 2.25. The quantitative estimate of drug-likeness (QED) is 0.771. The minimum absolute atomic E-state index is 0.121. The Labute approximate surface area is 116 Å². The Bertz CT molecular complexity index is 366. The van der Waals surface area contributed by atoms with Gasteiger partial charge in [-0.2, -0.15) is 11.8 Å². The second-order valence-electron chi connectivity index (χ2n) is 5.03. The molecule has 2 fully saturated rings. The molecule has 3 atom stereocenters. The van der Waals surface area contributed by atoms with Crippen molar-refractivity contribution < 1.29 is 19.8 Å². The maximum Gasteiger partial charge on any atom is 0.326 e. The van der Waals surface area contributed by atoms with E-state index in [0.29, 0.717) is 18.3 Å². The summed E-state index contributed by atoms with van der Waals surface area (Å²) in [6, 6.07) is -1.14. The third-order valence-corrected chi connectivity index (χ3v) is 5.05. The van der Waals surface area contributed by atoms with Gasteiger partial charge in [-0.05, 0) is 6.42 Å². The molecule has 1 unspecified atom stereocenters. The first kappa shape index (κ1) is 14.5. The number of carboxylic acids is 1. The van der Waals surface area contributed by atoms with Crippen LogP contribution in [0.25, 0.3) is 0 Å². The molecule has 0 aromatic carbocycles. The molecule has 2 aliphatic rings. The first-order valence-electron chi connectivity index (χ1n) is 6.61. The molecule has 0 aromatic heterocycles. The molecule has 2 saturated heterocycles. The largest absolute Gasteiger partial charge is 0.480 e. The van der Waals surface area contributed by atoms with E-state index in [1.54, 1.807) is 4.90 Å². The van der Waals surface area contributed by atoms with Crippen LogP contribution in [-0.4, -0.2) is 74.8 Å². The van der Waals surface area contributed by atoms with Gasteiger partial charge in [-0.15, -0.1) is 0 Å². The molecule has 2 N–H and O–H groups in total. The summed E-state index contributed by atoms with van der Waals surface area (Å²) < 4.78 is 0. The van der Waals surface area contributed by atoms with Crippen molar-refractivity contribution in [1.29, 1.82) is 0 Å². The topological polar surface area (TPSA) is 81.1 Å². The number of aliphatic hydroxyl groups excluding tert-OH is 1. The van der Waals surface area contributed by atoms with Gasteiger partial charge in [-0.25, -0.2) is 9.59 Å². The van der Waals surface area contributed by atoms with Crippen LogP contribution in [0.15, 0.2) is 0 Å². The monoisotopic (exact) mass is 288 g/mol. The molecule has 7 heteroatoms.